The summed E-state index contributed by atoms with van der Waals surface area (Å²) in [5, 5.41) is 2.53. The Morgan fingerprint density at radius 2 is 1.92 bits per heavy atom. The molecule has 0 heterocycles. The number of ether oxygens (including phenoxy) is 1. The van der Waals surface area contributed by atoms with Gasteiger partial charge < -0.3 is 10.1 Å². The van der Waals surface area contributed by atoms with Crippen molar-refractivity contribution in [2.24, 2.45) is 0 Å². The van der Waals surface area contributed by atoms with Crippen molar-refractivity contribution in [3.05, 3.63) is 59.9 Å². The number of esters is 1. The number of amides is 1. The molecule has 24 heavy (non-hydrogen) atoms. The van der Waals surface area contributed by atoms with Crippen LogP contribution in [-0.2, 0) is 14.3 Å². The minimum Gasteiger partial charge on any atom is -0.452 e. The molecule has 0 spiro atoms. The average Bonchev–Trinajstić information content (AvgIpc) is 2.57. The largest absolute Gasteiger partial charge is 0.452 e. The summed E-state index contributed by atoms with van der Waals surface area (Å²) < 4.78 is 18.6. The molecule has 2 aromatic carbocycles. The van der Waals surface area contributed by atoms with Gasteiger partial charge in [0.1, 0.15) is 5.82 Å². The standard InChI is InChI=1S/C18H18FNO3S/c1-12-8-9-14(10-16(12)19)20-18(22)13(2)23-17(21)11-24-15-6-4-3-5-7-15/h3-10,13H,11H2,1-2H3,(H,20,22)/t13-/m0/s1. The van der Waals surface area contributed by atoms with E-state index in [-0.39, 0.29) is 5.75 Å². The Kier molecular flexibility index (Phi) is 6.37. The lowest BCUT2D eigenvalue weighted by atomic mass is 10.2. The molecule has 0 saturated carbocycles. The quantitative estimate of drug-likeness (QED) is 0.638. The molecule has 0 fully saturated rings. The first-order valence-electron chi connectivity index (χ1n) is 7.40. The highest BCUT2D eigenvalue weighted by Gasteiger charge is 2.18. The molecule has 1 atom stereocenters. The number of anilines is 1. The van der Waals surface area contributed by atoms with Gasteiger partial charge in [0, 0.05) is 10.6 Å². The number of halogens is 1. The molecule has 6 heteroatoms. The number of rotatable bonds is 6. The fourth-order valence-electron chi connectivity index (χ4n) is 1.86. The first-order chi connectivity index (χ1) is 11.5. The molecule has 126 valence electrons. The summed E-state index contributed by atoms with van der Waals surface area (Å²) in [4.78, 5) is 24.7. The number of benzene rings is 2. The van der Waals surface area contributed by atoms with Crippen molar-refractivity contribution in [3.63, 3.8) is 0 Å². The fraction of sp³-hybridized carbons (Fsp3) is 0.222. The van der Waals surface area contributed by atoms with E-state index in [1.54, 1.807) is 19.1 Å². The van der Waals surface area contributed by atoms with Gasteiger partial charge in [0.25, 0.3) is 5.91 Å². The number of hydrogen-bond donors (Lipinski definition) is 1. The zero-order valence-corrected chi connectivity index (χ0v) is 14.2. The lowest BCUT2D eigenvalue weighted by Crippen LogP contribution is -2.30. The first-order valence-corrected chi connectivity index (χ1v) is 8.38. The highest BCUT2D eigenvalue weighted by molar-refractivity contribution is 8.00. The van der Waals surface area contributed by atoms with Gasteiger partial charge in [-0.15, -0.1) is 11.8 Å². The lowest BCUT2D eigenvalue weighted by molar-refractivity contribution is -0.150. The summed E-state index contributed by atoms with van der Waals surface area (Å²) in [5.74, 6) is -1.28. The summed E-state index contributed by atoms with van der Waals surface area (Å²) in [5.41, 5.74) is 0.815. The molecule has 2 rings (SSSR count). The molecular weight excluding hydrogens is 329 g/mol. The predicted octanol–water partition coefficient (Wildman–Crippen LogP) is 3.80. The summed E-state index contributed by atoms with van der Waals surface area (Å²) in [7, 11) is 0. The van der Waals surface area contributed by atoms with Crippen LogP contribution in [0.4, 0.5) is 10.1 Å². The molecule has 0 aliphatic carbocycles. The van der Waals surface area contributed by atoms with Crippen LogP contribution in [0.15, 0.2) is 53.4 Å². The van der Waals surface area contributed by atoms with E-state index in [2.05, 4.69) is 5.32 Å². The minimum absolute atomic E-state index is 0.112. The van der Waals surface area contributed by atoms with Gasteiger partial charge >= 0.3 is 5.97 Å². The van der Waals surface area contributed by atoms with Crippen LogP contribution in [0.2, 0.25) is 0 Å². The van der Waals surface area contributed by atoms with Crippen LogP contribution in [0.5, 0.6) is 0 Å². The Bertz CT molecular complexity index is 721. The van der Waals surface area contributed by atoms with E-state index in [1.807, 2.05) is 30.3 Å². The van der Waals surface area contributed by atoms with Gasteiger partial charge in [0.2, 0.25) is 0 Å². The van der Waals surface area contributed by atoms with E-state index >= 15 is 0 Å². The maximum atomic E-state index is 13.5. The second kappa shape index (κ2) is 8.49. The van der Waals surface area contributed by atoms with Crippen LogP contribution in [0, 0.1) is 12.7 Å². The van der Waals surface area contributed by atoms with E-state index in [4.69, 9.17) is 4.74 Å². The molecule has 1 amide bonds. The van der Waals surface area contributed by atoms with Gasteiger partial charge in [-0.05, 0) is 43.7 Å². The van der Waals surface area contributed by atoms with Gasteiger partial charge in [-0.1, -0.05) is 24.3 Å². The first kappa shape index (κ1) is 18.0. The van der Waals surface area contributed by atoms with Crippen molar-refractivity contribution >= 4 is 29.3 Å². The topological polar surface area (TPSA) is 55.4 Å². The van der Waals surface area contributed by atoms with Gasteiger partial charge in [-0.3, -0.25) is 9.59 Å². The molecule has 2 aromatic rings. The summed E-state index contributed by atoms with van der Waals surface area (Å²) in [6.07, 6.45) is -0.960. The van der Waals surface area contributed by atoms with Crippen molar-refractivity contribution < 1.29 is 18.7 Å². The second-order valence-electron chi connectivity index (χ2n) is 5.19. The molecule has 0 unspecified atom stereocenters. The lowest BCUT2D eigenvalue weighted by Gasteiger charge is -2.13. The maximum absolute atomic E-state index is 13.5. The Labute approximate surface area is 144 Å². The number of hydrogen-bond acceptors (Lipinski definition) is 4. The van der Waals surface area contributed by atoms with Crippen LogP contribution in [0.25, 0.3) is 0 Å². The van der Waals surface area contributed by atoms with Gasteiger partial charge in [-0.2, -0.15) is 0 Å². The summed E-state index contributed by atoms with van der Waals surface area (Å²) in [6.45, 7) is 3.11. The van der Waals surface area contributed by atoms with Gasteiger partial charge in [0.05, 0.1) is 5.75 Å². The normalized spacial score (nSPS) is 11.6. The monoisotopic (exact) mass is 347 g/mol. The molecule has 0 aliphatic heterocycles. The second-order valence-corrected chi connectivity index (χ2v) is 6.24. The Morgan fingerprint density at radius 1 is 1.21 bits per heavy atom. The molecule has 0 bridgehead atoms. The third-order valence-electron chi connectivity index (χ3n) is 3.22. The highest BCUT2D eigenvalue weighted by Crippen LogP contribution is 2.17. The highest BCUT2D eigenvalue weighted by atomic mass is 32.2. The summed E-state index contributed by atoms with van der Waals surface area (Å²) in [6, 6.07) is 13.8. The predicted molar refractivity (Wildman–Crippen MR) is 92.5 cm³/mol. The number of carbonyl (C=O) groups excluding carboxylic acids is 2. The van der Waals surface area contributed by atoms with Crippen molar-refractivity contribution in [1.82, 2.24) is 0 Å². The van der Waals surface area contributed by atoms with E-state index < -0.39 is 23.8 Å². The van der Waals surface area contributed by atoms with Crippen molar-refractivity contribution in [3.8, 4) is 0 Å². The Balaban J connectivity index is 1.82. The molecule has 0 saturated heterocycles. The minimum atomic E-state index is -0.960. The summed E-state index contributed by atoms with van der Waals surface area (Å²) >= 11 is 1.33. The molecule has 0 aromatic heterocycles. The fourth-order valence-corrected chi connectivity index (χ4v) is 2.56. The zero-order valence-electron chi connectivity index (χ0n) is 13.4. The molecular formula is C18H18FNO3S. The molecule has 4 nitrogen and oxygen atoms in total. The Morgan fingerprint density at radius 3 is 2.58 bits per heavy atom. The zero-order chi connectivity index (χ0) is 17.5. The van der Waals surface area contributed by atoms with Gasteiger partial charge in [0.15, 0.2) is 6.10 Å². The molecule has 0 radical (unpaired) electrons. The third-order valence-corrected chi connectivity index (χ3v) is 4.20. The van der Waals surface area contributed by atoms with Crippen LogP contribution in [-0.4, -0.2) is 23.7 Å². The molecule has 0 aliphatic rings. The third kappa shape index (κ3) is 5.38. The van der Waals surface area contributed by atoms with Crippen molar-refractivity contribution in [1.29, 1.82) is 0 Å². The van der Waals surface area contributed by atoms with Gasteiger partial charge in [-0.25, -0.2) is 4.39 Å². The SMILES string of the molecule is Cc1ccc(NC(=O)[C@H](C)OC(=O)CSc2ccccc2)cc1F. The van der Waals surface area contributed by atoms with Crippen molar-refractivity contribution in [2.45, 2.75) is 24.8 Å². The molecule has 1 N–H and O–H groups in total. The number of aryl methyl sites for hydroxylation is 1. The van der Waals surface area contributed by atoms with Crippen LogP contribution in [0.3, 0.4) is 0 Å². The van der Waals surface area contributed by atoms with Crippen LogP contribution < -0.4 is 5.32 Å². The van der Waals surface area contributed by atoms with E-state index in [9.17, 15) is 14.0 Å². The van der Waals surface area contributed by atoms with Crippen LogP contribution in [0.1, 0.15) is 12.5 Å². The Hall–Kier alpha value is -2.34. The number of thioether (sulfide) groups is 1. The van der Waals surface area contributed by atoms with E-state index in [1.165, 1.54) is 24.8 Å². The van der Waals surface area contributed by atoms with Crippen molar-refractivity contribution in [2.75, 3.05) is 11.1 Å². The number of carbonyl (C=O) groups is 2. The van der Waals surface area contributed by atoms with E-state index in [0.717, 1.165) is 4.90 Å². The smallest absolute Gasteiger partial charge is 0.317 e. The maximum Gasteiger partial charge on any atom is 0.317 e. The van der Waals surface area contributed by atoms with Crippen LogP contribution >= 0.6 is 11.8 Å². The number of nitrogens with one attached hydrogen (secondary N) is 1. The van der Waals surface area contributed by atoms with E-state index in [0.29, 0.717) is 11.3 Å². The average molecular weight is 347 g/mol.